The summed E-state index contributed by atoms with van der Waals surface area (Å²) in [6, 6.07) is 6.59. The fourth-order valence-corrected chi connectivity index (χ4v) is 6.05. The van der Waals surface area contributed by atoms with E-state index in [1.807, 2.05) is 4.90 Å². The lowest BCUT2D eigenvalue weighted by atomic mass is 9.91. The molecule has 2 fully saturated rings. The second kappa shape index (κ2) is 12.7. The molecule has 1 aromatic heterocycles. The molecule has 13 heteroatoms. The fraction of sp³-hybridized carbons (Fsp3) is 0.556. The number of carbonyl (C=O) groups excluding carboxylic acids is 1. The van der Waals surface area contributed by atoms with Gasteiger partial charge in [0.15, 0.2) is 0 Å². The Balaban J connectivity index is 1.54. The van der Waals surface area contributed by atoms with E-state index in [0.29, 0.717) is 24.7 Å². The average molecular weight is 586 g/mol. The summed E-state index contributed by atoms with van der Waals surface area (Å²) in [5.74, 6) is -2.26. The van der Waals surface area contributed by atoms with Crippen molar-refractivity contribution in [1.82, 2.24) is 9.88 Å². The lowest BCUT2D eigenvalue weighted by Crippen LogP contribution is -2.51. The molecule has 1 saturated heterocycles. The maximum Gasteiger partial charge on any atom is 0.433 e. The SMILES string of the molecule is CN(c1ccc(C(CCc2ccc(C(F)(F)F)nc2N2CCN(C3CCCCC3)CC2)C(N)=O)cc1F)[SH](=O)=O. The zero-order valence-electron chi connectivity index (χ0n) is 22.4. The smallest absolute Gasteiger partial charge is 0.369 e. The summed E-state index contributed by atoms with van der Waals surface area (Å²) in [7, 11) is -1.85. The van der Waals surface area contributed by atoms with E-state index in [9.17, 15) is 30.8 Å². The first-order valence-corrected chi connectivity index (χ1v) is 14.6. The second-order valence-electron chi connectivity index (χ2n) is 10.5. The van der Waals surface area contributed by atoms with Crippen molar-refractivity contribution in [1.29, 1.82) is 0 Å². The van der Waals surface area contributed by atoms with Crippen LogP contribution in [-0.4, -0.2) is 63.5 Å². The molecule has 2 heterocycles. The Morgan fingerprint density at radius 2 is 1.77 bits per heavy atom. The molecule has 220 valence electrons. The van der Waals surface area contributed by atoms with Gasteiger partial charge in [-0.3, -0.25) is 14.0 Å². The molecule has 1 atom stereocenters. The fourth-order valence-electron chi connectivity index (χ4n) is 5.71. The first kappa shape index (κ1) is 30.0. The summed E-state index contributed by atoms with van der Waals surface area (Å²) in [6.45, 7) is 2.56. The molecule has 1 saturated carbocycles. The molecule has 8 nitrogen and oxygen atoms in total. The van der Waals surface area contributed by atoms with Crippen LogP contribution in [0.3, 0.4) is 0 Å². The lowest BCUT2D eigenvalue weighted by Gasteiger charge is -2.41. The number of aromatic nitrogens is 1. The number of anilines is 2. The number of hydrogen-bond acceptors (Lipinski definition) is 6. The number of hydrogen-bond donors (Lipinski definition) is 2. The molecule has 0 spiro atoms. The van der Waals surface area contributed by atoms with Gasteiger partial charge in [-0.25, -0.2) is 17.8 Å². The number of pyridine rings is 1. The van der Waals surface area contributed by atoms with Gasteiger partial charge in [0.1, 0.15) is 17.3 Å². The van der Waals surface area contributed by atoms with Crippen molar-refractivity contribution in [2.45, 2.75) is 63.1 Å². The van der Waals surface area contributed by atoms with Crippen LogP contribution in [0.25, 0.3) is 0 Å². The molecule has 40 heavy (non-hydrogen) atoms. The summed E-state index contributed by atoms with van der Waals surface area (Å²) >= 11 is 0. The van der Waals surface area contributed by atoms with Gasteiger partial charge in [-0.15, -0.1) is 0 Å². The molecular formula is C27H35F4N5O3S. The van der Waals surface area contributed by atoms with Crippen LogP contribution in [0, 0.1) is 5.82 Å². The van der Waals surface area contributed by atoms with Gasteiger partial charge >= 0.3 is 6.18 Å². The average Bonchev–Trinajstić information content (AvgIpc) is 2.93. The summed E-state index contributed by atoms with van der Waals surface area (Å²) in [4.78, 5) is 20.6. The van der Waals surface area contributed by atoms with Crippen molar-refractivity contribution >= 4 is 28.3 Å². The Bertz CT molecular complexity index is 1270. The standard InChI is InChI=1S/C27H35F4N5O3S/c1-34(40(38)39)23-11-8-19(17-22(23)28)21(25(32)37)10-7-18-9-12-24(27(29,30)31)33-26(18)36-15-13-35(14-16-36)20-5-3-2-4-6-20/h8-9,11-12,17,20-21,40H,2-7,10,13-16H2,1H3,(H2,32,37). The minimum Gasteiger partial charge on any atom is -0.369 e. The summed E-state index contributed by atoms with van der Waals surface area (Å²) in [5.41, 5.74) is 5.27. The van der Waals surface area contributed by atoms with E-state index < -0.39 is 40.4 Å². The number of amides is 1. The number of rotatable bonds is 9. The van der Waals surface area contributed by atoms with Crippen LogP contribution < -0.4 is 14.9 Å². The summed E-state index contributed by atoms with van der Waals surface area (Å²) < 4.78 is 78.6. The van der Waals surface area contributed by atoms with Crippen LogP contribution in [-0.2, 0) is 28.3 Å². The predicted molar refractivity (Wildman–Crippen MR) is 145 cm³/mol. The number of nitrogens with two attached hydrogens (primary N) is 1. The third kappa shape index (κ3) is 7.03. The van der Waals surface area contributed by atoms with E-state index in [4.69, 9.17) is 5.73 Å². The van der Waals surface area contributed by atoms with Gasteiger partial charge in [-0.2, -0.15) is 13.2 Å². The van der Waals surface area contributed by atoms with Crippen molar-refractivity contribution in [3.63, 3.8) is 0 Å². The third-order valence-corrected chi connectivity index (χ3v) is 8.67. The van der Waals surface area contributed by atoms with E-state index >= 15 is 0 Å². The van der Waals surface area contributed by atoms with Gasteiger partial charge in [0, 0.05) is 39.3 Å². The first-order chi connectivity index (χ1) is 19.0. The van der Waals surface area contributed by atoms with Gasteiger partial charge < -0.3 is 10.6 Å². The highest BCUT2D eigenvalue weighted by molar-refractivity contribution is 7.74. The normalized spacial score (nSPS) is 18.2. The topological polar surface area (TPSA) is 99.8 Å². The van der Waals surface area contributed by atoms with Gasteiger partial charge in [0.05, 0.1) is 11.6 Å². The molecular weight excluding hydrogens is 550 g/mol. The second-order valence-corrected chi connectivity index (χ2v) is 11.5. The minimum atomic E-state index is -4.60. The summed E-state index contributed by atoms with van der Waals surface area (Å²) in [5, 5.41) is 0. The van der Waals surface area contributed by atoms with Crippen molar-refractivity contribution in [3.8, 4) is 0 Å². The Hall–Kier alpha value is -2.93. The monoisotopic (exact) mass is 585 g/mol. The van der Waals surface area contributed by atoms with Crippen molar-refractivity contribution in [3.05, 3.63) is 53.0 Å². The summed E-state index contributed by atoms with van der Waals surface area (Å²) in [6.07, 6.45) is 1.64. The molecule has 1 aliphatic carbocycles. The number of aryl methyl sites for hydroxylation is 1. The Morgan fingerprint density at radius 3 is 2.35 bits per heavy atom. The Labute approximate surface area is 233 Å². The third-order valence-electron chi connectivity index (χ3n) is 7.96. The van der Waals surface area contributed by atoms with Gasteiger partial charge in [0.25, 0.3) is 0 Å². The van der Waals surface area contributed by atoms with E-state index in [2.05, 4.69) is 9.88 Å². The minimum absolute atomic E-state index is 0.113. The largest absolute Gasteiger partial charge is 0.433 e. The quantitative estimate of drug-likeness (QED) is 0.343. The molecule has 1 amide bonds. The van der Waals surface area contributed by atoms with Crippen LogP contribution in [0.5, 0.6) is 0 Å². The molecule has 2 aliphatic rings. The highest BCUT2D eigenvalue weighted by atomic mass is 32.2. The van der Waals surface area contributed by atoms with E-state index in [0.717, 1.165) is 42.4 Å². The number of benzene rings is 1. The highest BCUT2D eigenvalue weighted by Crippen LogP contribution is 2.34. The van der Waals surface area contributed by atoms with E-state index in [1.165, 1.54) is 44.5 Å². The maximum atomic E-state index is 14.7. The Morgan fingerprint density at radius 1 is 1.10 bits per heavy atom. The predicted octanol–water partition coefficient (Wildman–Crippen LogP) is 3.86. The van der Waals surface area contributed by atoms with E-state index in [1.54, 1.807) is 0 Å². The van der Waals surface area contributed by atoms with E-state index in [-0.39, 0.29) is 29.9 Å². The molecule has 2 aromatic rings. The van der Waals surface area contributed by atoms with Crippen LogP contribution in [0.4, 0.5) is 29.1 Å². The Kier molecular flexibility index (Phi) is 9.55. The number of thiol groups is 1. The van der Waals surface area contributed by atoms with Gasteiger partial charge in [0.2, 0.25) is 16.8 Å². The molecule has 4 rings (SSSR count). The molecule has 2 N–H and O–H groups in total. The lowest BCUT2D eigenvalue weighted by molar-refractivity contribution is -0.141. The molecule has 0 bridgehead atoms. The van der Waals surface area contributed by atoms with Crippen LogP contribution in [0.1, 0.15) is 61.3 Å². The number of halogens is 4. The van der Waals surface area contributed by atoms with Crippen LogP contribution >= 0.6 is 0 Å². The number of piperazine rings is 1. The zero-order valence-corrected chi connectivity index (χ0v) is 23.3. The van der Waals surface area contributed by atoms with Gasteiger partial charge in [-0.1, -0.05) is 31.4 Å². The number of nitrogens with zero attached hydrogens (tertiary/aromatic N) is 4. The number of alkyl halides is 3. The molecule has 1 unspecified atom stereocenters. The molecule has 1 aromatic carbocycles. The molecule has 1 aliphatic heterocycles. The van der Waals surface area contributed by atoms with Crippen LogP contribution in [0.15, 0.2) is 30.3 Å². The number of primary amides is 1. The zero-order chi connectivity index (χ0) is 29.0. The first-order valence-electron chi connectivity index (χ1n) is 13.5. The maximum absolute atomic E-state index is 14.7. The van der Waals surface area contributed by atoms with Crippen molar-refractivity contribution in [2.75, 3.05) is 42.4 Å². The van der Waals surface area contributed by atoms with Gasteiger partial charge in [-0.05, 0) is 55.0 Å². The number of carbonyl (C=O) groups is 1. The molecule has 0 radical (unpaired) electrons. The van der Waals surface area contributed by atoms with Crippen LogP contribution in [0.2, 0.25) is 0 Å². The van der Waals surface area contributed by atoms with Crippen molar-refractivity contribution in [2.24, 2.45) is 5.73 Å². The van der Waals surface area contributed by atoms with Crippen molar-refractivity contribution < 1.29 is 30.8 Å². The highest BCUT2D eigenvalue weighted by Gasteiger charge is 2.34.